The predicted molar refractivity (Wildman–Crippen MR) is 67.0 cm³/mol. The molecule has 0 aromatic carbocycles. The van der Waals surface area contributed by atoms with Crippen LogP contribution in [0.15, 0.2) is 17.1 Å². The third kappa shape index (κ3) is 3.18. The summed E-state index contributed by atoms with van der Waals surface area (Å²) in [5.41, 5.74) is -0.567. The quantitative estimate of drug-likeness (QED) is 0.744. The van der Waals surface area contributed by atoms with E-state index in [4.69, 9.17) is 6.42 Å². The number of aliphatic hydroxyl groups is 1. The van der Waals surface area contributed by atoms with Gasteiger partial charge in [0.25, 0.3) is 0 Å². The van der Waals surface area contributed by atoms with Gasteiger partial charge in [0.1, 0.15) is 11.9 Å². The number of terminal acetylenes is 1. The largest absolute Gasteiger partial charge is 0.378 e. The van der Waals surface area contributed by atoms with E-state index in [0.717, 1.165) is 0 Å². The first-order valence-corrected chi connectivity index (χ1v) is 5.50. The molecule has 1 heterocycles. The monoisotopic (exact) mass is 249 g/mol. The Labute approximate surface area is 105 Å². The zero-order valence-corrected chi connectivity index (χ0v) is 10.3. The minimum absolute atomic E-state index is 0.175. The summed E-state index contributed by atoms with van der Waals surface area (Å²) in [6, 6.07) is 0.954. The van der Waals surface area contributed by atoms with E-state index in [1.54, 1.807) is 6.92 Å². The third-order valence-electron chi connectivity index (χ3n) is 2.44. The van der Waals surface area contributed by atoms with E-state index >= 15 is 0 Å². The standard InChI is InChI=1S/C12H15N3O3/c1-4-9(10(17)5-2)15-7-6-11(13-8(3)16)14-12(15)18/h2,6-7,9-10,17H,4H2,1,3H3,(H,13,14,16,18). The smallest absolute Gasteiger partial charge is 0.349 e. The molecule has 2 N–H and O–H groups in total. The van der Waals surface area contributed by atoms with Gasteiger partial charge in [-0.3, -0.25) is 9.36 Å². The molecule has 0 aliphatic heterocycles. The minimum atomic E-state index is -1.05. The summed E-state index contributed by atoms with van der Waals surface area (Å²) >= 11 is 0. The average molecular weight is 249 g/mol. The molecular formula is C12H15N3O3. The molecule has 0 saturated heterocycles. The van der Waals surface area contributed by atoms with Crippen molar-refractivity contribution in [3.63, 3.8) is 0 Å². The molecule has 0 fully saturated rings. The van der Waals surface area contributed by atoms with Gasteiger partial charge < -0.3 is 10.4 Å². The van der Waals surface area contributed by atoms with Crippen LogP contribution >= 0.6 is 0 Å². The first kappa shape index (κ1) is 13.9. The Hall–Kier alpha value is -2.13. The first-order valence-electron chi connectivity index (χ1n) is 5.50. The second-order valence-electron chi connectivity index (χ2n) is 3.77. The van der Waals surface area contributed by atoms with Crippen LogP contribution in [0.2, 0.25) is 0 Å². The van der Waals surface area contributed by atoms with Crippen molar-refractivity contribution in [1.29, 1.82) is 0 Å². The molecule has 1 amide bonds. The number of aliphatic hydroxyl groups excluding tert-OH is 1. The van der Waals surface area contributed by atoms with Crippen molar-refractivity contribution in [1.82, 2.24) is 9.55 Å². The van der Waals surface area contributed by atoms with Crippen molar-refractivity contribution in [2.75, 3.05) is 5.32 Å². The van der Waals surface area contributed by atoms with Crippen LogP contribution in [-0.4, -0.2) is 26.7 Å². The summed E-state index contributed by atoms with van der Waals surface area (Å²) in [5, 5.41) is 12.0. The minimum Gasteiger partial charge on any atom is -0.378 e. The van der Waals surface area contributed by atoms with Crippen molar-refractivity contribution in [2.24, 2.45) is 0 Å². The SMILES string of the molecule is C#CC(O)C(CC)n1ccc(NC(C)=O)nc1=O. The Morgan fingerprint density at radius 2 is 2.39 bits per heavy atom. The van der Waals surface area contributed by atoms with E-state index in [1.807, 2.05) is 0 Å². The van der Waals surface area contributed by atoms with Crippen LogP contribution in [0.5, 0.6) is 0 Å². The topological polar surface area (TPSA) is 84.2 Å². The summed E-state index contributed by atoms with van der Waals surface area (Å²) in [7, 11) is 0. The summed E-state index contributed by atoms with van der Waals surface area (Å²) < 4.78 is 1.26. The van der Waals surface area contributed by atoms with Gasteiger partial charge in [0, 0.05) is 13.1 Å². The molecule has 0 bridgehead atoms. The van der Waals surface area contributed by atoms with Crippen LogP contribution in [0.3, 0.4) is 0 Å². The fourth-order valence-electron chi connectivity index (χ4n) is 1.60. The van der Waals surface area contributed by atoms with Crippen LogP contribution in [0.25, 0.3) is 0 Å². The van der Waals surface area contributed by atoms with E-state index in [9.17, 15) is 14.7 Å². The highest BCUT2D eigenvalue weighted by Crippen LogP contribution is 2.13. The molecular weight excluding hydrogens is 234 g/mol. The van der Waals surface area contributed by atoms with Crippen LogP contribution in [0, 0.1) is 12.3 Å². The van der Waals surface area contributed by atoms with Crippen LogP contribution in [0.1, 0.15) is 26.3 Å². The van der Waals surface area contributed by atoms with Gasteiger partial charge in [0.05, 0.1) is 6.04 Å². The molecule has 96 valence electrons. The van der Waals surface area contributed by atoms with Gasteiger partial charge in [0.2, 0.25) is 5.91 Å². The zero-order chi connectivity index (χ0) is 13.7. The molecule has 6 heteroatoms. The number of carbonyl (C=O) groups excluding carboxylic acids is 1. The summed E-state index contributed by atoms with van der Waals surface area (Å²) in [6.45, 7) is 3.13. The molecule has 1 aromatic rings. The normalized spacial score (nSPS) is 13.4. The van der Waals surface area contributed by atoms with Gasteiger partial charge in [-0.15, -0.1) is 6.42 Å². The molecule has 2 unspecified atom stereocenters. The summed E-state index contributed by atoms with van der Waals surface area (Å²) in [4.78, 5) is 26.3. The maximum atomic E-state index is 11.8. The maximum absolute atomic E-state index is 11.8. The van der Waals surface area contributed by atoms with Crippen molar-refractivity contribution < 1.29 is 9.90 Å². The molecule has 0 aliphatic rings. The first-order chi connectivity index (χ1) is 8.49. The zero-order valence-electron chi connectivity index (χ0n) is 10.3. The third-order valence-corrected chi connectivity index (χ3v) is 2.44. The molecule has 0 aliphatic carbocycles. The second kappa shape index (κ2) is 5.98. The highest BCUT2D eigenvalue weighted by Gasteiger charge is 2.18. The molecule has 6 nitrogen and oxygen atoms in total. The Bertz CT molecular complexity index is 530. The van der Waals surface area contributed by atoms with Gasteiger partial charge in [0.15, 0.2) is 0 Å². The van der Waals surface area contributed by atoms with Crippen LogP contribution in [-0.2, 0) is 4.79 Å². The van der Waals surface area contributed by atoms with E-state index in [1.165, 1.54) is 23.8 Å². The molecule has 18 heavy (non-hydrogen) atoms. The van der Waals surface area contributed by atoms with Gasteiger partial charge in [-0.05, 0) is 12.5 Å². The van der Waals surface area contributed by atoms with Gasteiger partial charge in [-0.25, -0.2) is 4.79 Å². The fraction of sp³-hybridized carbons (Fsp3) is 0.417. The molecule has 1 rings (SSSR count). The van der Waals surface area contributed by atoms with Crippen molar-refractivity contribution in [3.05, 3.63) is 22.7 Å². The fourth-order valence-corrected chi connectivity index (χ4v) is 1.60. The average Bonchev–Trinajstić information content (AvgIpc) is 2.31. The Balaban J connectivity index is 3.08. The van der Waals surface area contributed by atoms with Crippen LogP contribution in [0.4, 0.5) is 5.82 Å². The molecule has 2 atom stereocenters. The number of hydrogen-bond acceptors (Lipinski definition) is 4. The predicted octanol–water partition coefficient (Wildman–Crippen LogP) is 0.147. The highest BCUT2D eigenvalue weighted by atomic mass is 16.3. The van der Waals surface area contributed by atoms with E-state index in [-0.39, 0.29) is 11.7 Å². The number of anilines is 1. The van der Waals surface area contributed by atoms with Crippen molar-refractivity contribution in [2.45, 2.75) is 32.4 Å². The lowest BCUT2D eigenvalue weighted by molar-refractivity contribution is -0.114. The van der Waals surface area contributed by atoms with E-state index < -0.39 is 17.8 Å². The van der Waals surface area contributed by atoms with Crippen molar-refractivity contribution >= 4 is 11.7 Å². The van der Waals surface area contributed by atoms with Crippen molar-refractivity contribution in [3.8, 4) is 12.3 Å². The number of aromatic nitrogens is 2. The van der Waals surface area contributed by atoms with Gasteiger partial charge >= 0.3 is 5.69 Å². The number of rotatable bonds is 4. The van der Waals surface area contributed by atoms with E-state index in [0.29, 0.717) is 6.42 Å². The summed E-state index contributed by atoms with van der Waals surface area (Å²) in [6.07, 6.45) is 6.03. The number of hydrogen-bond donors (Lipinski definition) is 2. The number of amides is 1. The summed E-state index contributed by atoms with van der Waals surface area (Å²) in [5.74, 6) is 2.05. The van der Waals surface area contributed by atoms with E-state index in [2.05, 4.69) is 16.2 Å². The van der Waals surface area contributed by atoms with Gasteiger partial charge in [-0.1, -0.05) is 12.8 Å². The Morgan fingerprint density at radius 3 is 2.83 bits per heavy atom. The molecule has 0 spiro atoms. The Kier molecular flexibility index (Phi) is 4.63. The number of carbonyl (C=O) groups is 1. The lowest BCUT2D eigenvalue weighted by Gasteiger charge is -2.19. The van der Waals surface area contributed by atoms with Gasteiger partial charge in [-0.2, -0.15) is 4.98 Å². The maximum Gasteiger partial charge on any atom is 0.349 e. The number of nitrogens with one attached hydrogen (secondary N) is 1. The lowest BCUT2D eigenvalue weighted by Crippen LogP contribution is -2.33. The lowest BCUT2D eigenvalue weighted by atomic mass is 10.1. The van der Waals surface area contributed by atoms with Crippen LogP contribution < -0.4 is 11.0 Å². The molecule has 0 saturated carbocycles. The molecule has 1 aromatic heterocycles. The molecule has 0 radical (unpaired) electrons. The number of nitrogens with zero attached hydrogens (tertiary/aromatic N) is 2. The Morgan fingerprint density at radius 1 is 1.72 bits per heavy atom. The second-order valence-corrected chi connectivity index (χ2v) is 3.77. The highest BCUT2D eigenvalue weighted by molar-refractivity contribution is 5.87.